The largest absolute Gasteiger partial charge is 0.433 e. The van der Waals surface area contributed by atoms with E-state index in [-0.39, 0.29) is 21.2 Å². The number of hydrogen-bond donors (Lipinski definition) is 2. The molecule has 11 heteroatoms. The molecule has 28 heavy (non-hydrogen) atoms. The number of thiocarbonyl (C=S) groups is 1. The summed E-state index contributed by atoms with van der Waals surface area (Å²) in [6.07, 6.45) is -1.66. The maximum absolute atomic E-state index is 13.2. The zero-order valence-corrected chi connectivity index (χ0v) is 15.8. The third-order valence-electron chi connectivity index (χ3n) is 3.25. The normalized spacial score (nSPS) is 11.1. The first-order valence-electron chi connectivity index (χ1n) is 7.90. The number of nitrogens with one attached hydrogen (secondary N) is 2. The van der Waals surface area contributed by atoms with Crippen molar-refractivity contribution in [1.29, 1.82) is 0 Å². The van der Waals surface area contributed by atoms with E-state index >= 15 is 0 Å². The van der Waals surface area contributed by atoms with Gasteiger partial charge >= 0.3 is 6.18 Å². The molecule has 0 radical (unpaired) electrons. The van der Waals surface area contributed by atoms with Crippen molar-refractivity contribution >= 4 is 35.0 Å². The fourth-order valence-electron chi connectivity index (χ4n) is 2.03. The highest BCUT2D eigenvalue weighted by Gasteiger charge is 2.34. The lowest BCUT2D eigenvalue weighted by atomic mass is 10.2. The molecule has 3 aromatic rings. The average Bonchev–Trinajstić information content (AvgIpc) is 2.67. The van der Waals surface area contributed by atoms with Crippen molar-refractivity contribution in [3.8, 4) is 0 Å². The van der Waals surface area contributed by atoms with E-state index in [0.29, 0.717) is 6.54 Å². The summed E-state index contributed by atoms with van der Waals surface area (Å²) in [5, 5.41) is 5.92. The lowest BCUT2D eigenvalue weighted by Crippen LogP contribution is -2.29. The molecule has 0 aliphatic rings. The number of hydrogen-bond acceptors (Lipinski definition) is 6. The van der Waals surface area contributed by atoms with Crippen LogP contribution in [0.25, 0.3) is 0 Å². The summed E-state index contributed by atoms with van der Waals surface area (Å²) in [6, 6.07) is 11.9. The monoisotopic (exact) mass is 422 g/mol. The molecule has 0 bridgehead atoms. The van der Waals surface area contributed by atoms with Gasteiger partial charge in [0, 0.05) is 25.0 Å². The summed E-state index contributed by atoms with van der Waals surface area (Å²) in [5.74, 6) is -0.265. The minimum atomic E-state index is -4.63. The second-order valence-electron chi connectivity index (χ2n) is 5.34. The molecule has 0 saturated heterocycles. The standard InChI is InChI=1S/C17H13F3N6S2/c18-17(19,20)12-9-13(28-16-21-7-4-8-22-16)25-14(24-12)26-15(27)23-10-11-5-2-1-3-6-11/h1-9H,10H2,(H2,23,24,25,26,27). The lowest BCUT2D eigenvalue weighted by Gasteiger charge is -2.12. The van der Waals surface area contributed by atoms with E-state index in [0.717, 1.165) is 23.4 Å². The Balaban J connectivity index is 1.75. The molecule has 0 fully saturated rings. The number of aromatic nitrogens is 4. The van der Waals surface area contributed by atoms with Crippen LogP contribution in [-0.2, 0) is 12.7 Å². The SMILES string of the molecule is FC(F)(F)c1cc(Sc2ncccn2)nc(NC(=S)NCc2ccccc2)n1. The van der Waals surface area contributed by atoms with Crippen LogP contribution in [0.2, 0.25) is 0 Å². The van der Waals surface area contributed by atoms with Gasteiger partial charge in [-0.25, -0.2) is 19.9 Å². The van der Waals surface area contributed by atoms with Gasteiger partial charge in [0.1, 0.15) is 5.03 Å². The van der Waals surface area contributed by atoms with Crippen molar-refractivity contribution in [2.45, 2.75) is 22.9 Å². The highest BCUT2D eigenvalue weighted by Crippen LogP contribution is 2.32. The van der Waals surface area contributed by atoms with Crippen molar-refractivity contribution in [3.63, 3.8) is 0 Å². The first-order valence-corrected chi connectivity index (χ1v) is 9.12. The highest BCUT2D eigenvalue weighted by molar-refractivity contribution is 7.99. The lowest BCUT2D eigenvalue weighted by molar-refractivity contribution is -0.141. The minimum Gasteiger partial charge on any atom is -0.358 e. The van der Waals surface area contributed by atoms with E-state index in [2.05, 4.69) is 30.6 Å². The molecule has 0 amide bonds. The Kier molecular flexibility index (Phi) is 6.37. The van der Waals surface area contributed by atoms with Crippen molar-refractivity contribution in [2.24, 2.45) is 0 Å². The smallest absolute Gasteiger partial charge is 0.358 e. The second-order valence-corrected chi connectivity index (χ2v) is 6.74. The van der Waals surface area contributed by atoms with Crippen LogP contribution in [0.3, 0.4) is 0 Å². The Hall–Kier alpha value is -2.79. The molecular formula is C17H13F3N6S2. The van der Waals surface area contributed by atoms with Crippen molar-refractivity contribution in [3.05, 3.63) is 66.1 Å². The van der Waals surface area contributed by atoms with Crippen LogP contribution in [0.5, 0.6) is 0 Å². The summed E-state index contributed by atoms with van der Waals surface area (Å²) in [4.78, 5) is 15.5. The van der Waals surface area contributed by atoms with Gasteiger partial charge in [-0.2, -0.15) is 13.2 Å². The third kappa shape index (κ3) is 5.86. The number of alkyl halides is 3. The fourth-order valence-corrected chi connectivity index (χ4v) is 2.91. The molecule has 0 spiro atoms. The summed E-state index contributed by atoms with van der Waals surface area (Å²) in [5.41, 5.74) is -0.122. The number of benzene rings is 1. The van der Waals surface area contributed by atoms with Gasteiger partial charge in [-0.1, -0.05) is 30.3 Å². The fraction of sp³-hybridized carbons (Fsp3) is 0.118. The van der Waals surface area contributed by atoms with Crippen LogP contribution in [0.4, 0.5) is 19.1 Å². The van der Waals surface area contributed by atoms with E-state index in [9.17, 15) is 13.2 Å². The maximum atomic E-state index is 13.2. The quantitative estimate of drug-likeness (QED) is 0.364. The van der Waals surface area contributed by atoms with Crippen LogP contribution >= 0.6 is 24.0 Å². The molecule has 0 aliphatic heterocycles. The molecule has 0 unspecified atom stereocenters. The van der Waals surface area contributed by atoms with Crippen molar-refractivity contribution in [2.75, 3.05) is 5.32 Å². The Bertz CT molecular complexity index is 939. The van der Waals surface area contributed by atoms with E-state index in [4.69, 9.17) is 12.2 Å². The summed E-state index contributed by atoms with van der Waals surface area (Å²) in [7, 11) is 0. The molecule has 0 aliphatic carbocycles. The molecule has 2 aromatic heterocycles. The Morgan fingerprint density at radius 2 is 1.75 bits per heavy atom. The van der Waals surface area contributed by atoms with Gasteiger partial charge in [0.2, 0.25) is 5.95 Å². The number of anilines is 1. The molecular weight excluding hydrogens is 409 g/mol. The van der Waals surface area contributed by atoms with E-state index < -0.39 is 11.9 Å². The minimum absolute atomic E-state index is 0.0434. The van der Waals surface area contributed by atoms with Gasteiger partial charge in [-0.15, -0.1) is 0 Å². The highest BCUT2D eigenvalue weighted by atomic mass is 32.2. The predicted molar refractivity (Wildman–Crippen MR) is 103 cm³/mol. The van der Waals surface area contributed by atoms with Crippen molar-refractivity contribution in [1.82, 2.24) is 25.3 Å². The molecule has 2 heterocycles. The third-order valence-corrected chi connectivity index (χ3v) is 4.31. The molecule has 2 N–H and O–H groups in total. The number of halogens is 3. The summed E-state index contributed by atoms with van der Waals surface area (Å²) >= 11 is 6.02. The van der Waals surface area contributed by atoms with E-state index in [1.54, 1.807) is 6.07 Å². The van der Waals surface area contributed by atoms with Gasteiger partial charge in [-0.05, 0) is 35.6 Å². The average molecular weight is 422 g/mol. The van der Waals surface area contributed by atoms with Crippen LogP contribution < -0.4 is 10.6 Å². The first kappa shape index (κ1) is 20.0. The van der Waals surface area contributed by atoms with E-state index in [1.807, 2.05) is 30.3 Å². The zero-order valence-electron chi connectivity index (χ0n) is 14.1. The molecule has 3 rings (SSSR count). The molecule has 0 saturated carbocycles. The summed E-state index contributed by atoms with van der Waals surface area (Å²) < 4.78 is 39.6. The predicted octanol–water partition coefficient (Wildman–Crippen LogP) is 3.92. The second kappa shape index (κ2) is 8.93. The van der Waals surface area contributed by atoms with Gasteiger partial charge in [0.25, 0.3) is 0 Å². The Labute approximate surface area is 168 Å². The first-order chi connectivity index (χ1) is 13.4. The van der Waals surface area contributed by atoms with Crippen LogP contribution in [0, 0.1) is 0 Å². The maximum Gasteiger partial charge on any atom is 0.433 e. The Morgan fingerprint density at radius 1 is 1.04 bits per heavy atom. The van der Waals surface area contributed by atoms with Gasteiger partial charge in [0.15, 0.2) is 16.0 Å². The van der Waals surface area contributed by atoms with Gasteiger partial charge in [0.05, 0.1) is 0 Å². The topological polar surface area (TPSA) is 75.6 Å². The van der Waals surface area contributed by atoms with Gasteiger partial charge < -0.3 is 10.6 Å². The zero-order chi connectivity index (χ0) is 20.0. The number of nitrogens with zero attached hydrogens (tertiary/aromatic N) is 4. The molecule has 6 nitrogen and oxygen atoms in total. The van der Waals surface area contributed by atoms with Crippen LogP contribution in [0.1, 0.15) is 11.3 Å². The number of rotatable bonds is 5. The molecule has 144 valence electrons. The summed E-state index contributed by atoms with van der Waals surface area (Å²) in [6.45, 7) is 0.408. The van der Waals surface area contributed by atoms with Crippen molar-refractivity contribution < 1.29 is 13.2 Å². The van der Waals surface area contributed by atoms with Crippen LogP contribution in [-0.4, -0.2) is 25.0 Å². The van der Waals surface area contributed by atoms with E-state index in [1.165, 1.54) is 12.4 Å². The Morgan fingerprint density at radius 3 is 2.43 bits per heavy atom. The molecule has 1 aromatic carbocycles. The van der Waals surface area contributed by atoms with Gasteiger partial charge in [-0.3, -0.25) is 0 Å². The molecule has 0 atom stereocenters. The van der Waals surface area contributed by atoms with Crippen LogP contribution in [0.15, 0.2) is 65.0 Å².